The first-order chi connectivity index (χ1) is 18.1. The van der Waals surface area contributed by atoms with E-state index in [1.165, 1.54) is 9.80 Å². The number of hydrogen-bond acceptors (Lipinski definition) is 4. The molecule has 1 aliphatic rings. The van der Waals surface area contributed by atoms with Gasteiger partial charge in [0.1, 0.15) is 18.2 Å². The lowest BCUT2D eigenvalue weighted by Gasteiger charge is -2.28. The number of rotatable bonds is 4. The van der Waals surface area contributed by atoms with Gasteiger partial charge in [-0.05, 0) is 48.2 Å². The number of ether oxygens (including phenoxy) is 2. The fourth-order valence-electron chi connectivity index (χ4n) is 4.57. The standard InChI is InChI=1S/C31H28N2O4/c1-3-22-13-5-11-19-28(22)36-30(34)32-21-33(31(35)37-29-20-12-6-14-23(29)4-2)27-18-10-8-16-25(27)24-15-7-9-17-26(24)32/h5-20H,3-4,21H2,1-2H3. The van der Waals surface area contributed by atoms with Crippen LogP contribution < -0.4 is 19.3 Å². The Kier molecular flexibility index (Phi) is 6.90. The van der Waals surface area contributed by atoms with Crippen molar-refractivity contribution in [2.24, 2.45) is 0 Å². The second kappa shape index (κ2) is 10.6. The Bertz CT molecular complexity index is 1340. The number of carbonyl (C=O) groups excluding carboxylic acids is 2. The van der Waals surface area contributed by atoms with Gasteiger partial charge in [0.25, 0.3) is 0 Å². The van der Waals surface area contributed by atoms with Crippen LogP contribution in [0.4, 0.5) is 21.0 Å². The normalized spacial score (nSPS) is 12.3. The van der Waals surface area contributed by atoms with Crippen LogP contribution in [0.25, 0.3) is 11.1 Å². The molecule has 1 heterocycles. The summed E-state index contributed by atoms with van der Waals surface area (Å²) in [5, 5.41) is 0. The van der Waals surface area contributed by atoms with E-state index in [4.69, 9.17) is 9.47 Å². The molecular formula is C31H28N2O4. The van der Waals surface area contributed by atoms with Gasteiger partial charge in [0.15, 0.2) is 0 Å². The summed E-state index contributed by atoms with van der Waals surface area (Å²) in [6, 6.07) is 30.1. The molecule has 5 rings (SSSR count). The highest BCUT2D eigenvalue weighted by molar-refractivity contribution is 6.04. The summed E-state index contributed by atoms with van der Waals surface area (Å²) in [4.78, 5) is 30.3. The van der Waals surface area contributed by atoms with Crippen molar-refractivity contribution in [3.8, 4) is 22.6 Å². The van der Waals surface area contributed by atoms with E-state index in [-0.39, 0.29) is 6.67 Å². The summed E-state index contributed by atoms with van der Waals surface area (Å²) in [6.07, 6.45) is 0.294. The highest BCUT2D eigenvalue weighted by atomic mass is 16.6. The zero-order valence-electron chi connectivity index (χ0n) is 20.9. The first kappa shape index (κ1) is 24.1. The minimum absolute atomic E-state index is 0.0751. The first-order valence-corrected chi connectivity index (χ1v) is 12.4. The van der Waals surface area contributed by atoms with Gasteiger partial charge >= 0.3 is 12.2 Å². The smallest absolute Gasteiger partial charge is 0.410 e. The molecule has 4 aromatic carbocycles. The van der Waals surface area contributed by atoms with Crippen molar-refractivity contribution in [2.45, 2.75) is 26.7 Å². The number of nitrogens with zero attached hydrogens (tertiary/aromatic N) is 2. The van der Waals surface area contributed by atoms with Crippen molar-refractivity contribution < 1.29 is 19.1 Å². The van der Waals surface area contributed by atoms with Crippen molar-refractivity contribution in [2.75, 3.05) is 16.5 Å². The maximum atomic E-state index is 13.7. The van der Waals surface area contributed by atoms with Crippen LogP contribution in [0.5, 0.6) is 11.5 Å². The molecule has 6 heteroatoms. The fraction of sp³-hybridized carbons (Fsp3) is 0.161. The number of anilines is 2. The number of hydrogen-bond donors (Lipinski definition) is 0. The van der Waals surface area contributed by atoms with Gasteiger partial charge in [-0.15, -0.1) is 0 Å². The number of aryl methyl sites for hydroxylation is 2. The Balaban J connectivity index is 1.56. The first-order valence-electron chi connectivity index (χ1n) is 12.4. The zero-order chi connectivity index (χ0) is 25.8. The maximum absolute atomic E-state index is 13.7. The van der Waals surface area contributed by atoms with Gasteiger partial charge in [-0.1, -0.05) is 86.6 Å². The summed E-state index contributed by atoms with van der Waals surface area (Å²) in [5.41, 5.74) is 4.80. The highest BCUT2D eigenvalue weighted by Gasteiger charge is 2.33. The van der Waals surface area contributed by atoms with Crippen LogP contribution in [0, 0.1) is 0 Å². The predicted octanol–water partition coefficient (Wildman–Crippen LogP) is 7.46. The van der Waals surface area contributed by atoms with E-state index in [9.17, 15) is 9.59 Å². The molecule has 0 bridgehead atoms. The number of benzene rings is 4. The third-order valence-electron chi connectivity index (χ3n) is 6.51. The summed E-state index contributed by atoms with van der Waals surface area (Å²) >= 11 is 0. The molecular weight excluding hydrogens is 464 g/mol. The molecule has 0 aromatic heterocycles. The van der Waals surface area contributed by atoms with E-state index in [1.807, 2.05) is 98.8 Å². The number of amides is 2. The molecule has 0 radical (unpaired) electrons. The average molecular weight is 493 g/mol. The Hall–Kier alpha value is -4.58. The van der Waals surface area contributed by atoms with E-state index in [1.54, 1.807) is 12.1 Å². The van der Waals surface area contributed by atoms with Crippen LogP contribution in [0.3, 0.4) is 0 Å². The van der Waals surface area contributed by atoms with Gasteiger partial charge in [0, 0.05) is 11.1 Å². The van der Waals surface area contributed by atoms with Gasteiger partial charge in [-0.25, -0.2) is 9.59 Å². The number of para-hydroxylation sites is 4. The van der Waals surface area contributed by atoms with Crippen molar-refractivity contribution in [3.63, 3.8) is 0 Å². The SMILES string of the molecule is CCc1ccccc1OC(=O)N1CN(C(=O)Oc2ccccc2CC)c2ccccc2-c2ccccc21. The van der Waals surface area contributed by atoms with Crippen LogP contribution in [0.1, 0.15) is 25.0 Å². The largest absolute Gasteiger partial charge is 0.421 e. The molecule has 0 spiro atoms. The van der Waals surface area contributed by atoms with Gasteiger partial charge < -0.3 is 9.47 Å². The molecule has 0 atom stereocenters. The summed E-state index contributed by atoms with van der Waals surface area (Å²) < 4.78 is 11.8. The Labute approximate surface area is 216 Å². The molecule has 0 N–H and O–H groups in total. The molecule has 1 aliphatic heterocycles. The summed E-state index contributed by atoms with van der Waals surface area (Å²) in [5.74, 6) is 1.00. The lowest BCUT2D eigenvalue weighted by Crippen LogP contribution is -2.46. The van der Waals surface area contributed by atoms with E-state index in [0.717, 1.165) is 35.1 Å². The molecule has 4 aromatic rings. The number of fused-ring (bicyclic) bond motifs is 3. The van der Waals surface area contributed by atoms with Gasteiger partial charge in [-0.2, -0.15) is 0 Å². The Morgan fingerprint density at radius 2 is 0.973 bits per heavy atom. The lowest BCUT2D eigenvalue weighted by molar-refractivity contribution is 0.202. The van der Waals surface area contributed by atoms with Gasteiger partial charge in [0.05, 0.1) is 11.4 Å². The Morgan fingerprint density at radius 1 is 0.595 bits per heavy atom. The second-order valence-electron chi connectivity index (χ2n) is 8.69. The monoisotopic (exact) mass is 492 g/mol. The fourth-order valence-corrected chi connectivity index (χ4v) is 4.57. The van der Waals surface area contributed by atoms with Gasteiger partial charge in [-0.3, -0.25) is 9.80 Å². The molecule has 2 amide bonds. The second-order valence-corrected chi connectivity index (χ2v) is 8.69. The van der Waals surface area contributed by atoms with Gasteiger partial charge in [0.2, 0.25) is 0 Å². The van der Waals surface area contributed by atoms with Crippen LogP contribution >= 0.6 is 0 Å². The molecule has 37 heavy (non-hydrogen) atoms. The van der Waals surface area contributed by atoms with Crippen LogP contribution in [0.2, 0.25) is 0 Å². The lowest BCUT2D eigenvalue weighted by atomic mass is 10.0. The molecule has 6 nitrogen and oxygen atoms in total. The molecule has 0 saturated carbocycles. The molecule has 186 valence electrons. The van der Waals surface area contributed by atoms with Crippen molar-refractivity contribution in [1.82, 2.24) is 0 Å². The molecule has 0 fully saturated rings. The minimum atomic E-state index is -0.576. The molecule has 0 unspecified atom stereocenters. The van der Waals surface area contributed by atoms with Crippen LogP contribution in [-0.4, -0.2) is 18.9 Å². The summed E-state index contributed by atoms with van der Waals surface area (Å²) in [7, 11) is 0. The maximum Gasteiger partial charge on any atom is 0.421 e. The third-order valence-corrected chi connectivity index (χ3v) is 6.51. The topological polar surface area (TPSA) is 59.1 Å². The Morgan fingerprint density at radius 3 is 1.41 bits per heavy atom. The van der Waals surface area contributed by atoms with E-state index in [0.29, 0.717) is 22.9 Å². The zero-order valence-corrected chi connectivity index (χ0v) is 20.9. The number of carbonyl (C=O) groups is 2. The predicted molar refractivity (Wildman–Crippen MR) is 145 cm³/mol. The van der Waals surface area contributed by atoms with Crippen molar-refractivity contribution in [1.29, 1.82) is 0 Å². The summed E-state index contributed by atoms with van der Waals surface area (Å²) in [6.45, 7) is 3.95. The quantitative estimate of drug-likeness (QED) is 0.297. The van der Waals surface area contributed by atoms with E-state index in [2.05, 4.69) is 0 Å². The highest BCUT2D eigenvalue weighted by Crippen LogP contribution is 2.41. The van der Waals surface area contributed by atoms with Crippen molar-refractivity contribution >= 4 is 23.6 Å². The van der Waals surface area contributed by atoms with E-state index < -0.39 is 12.2 Å². The van der Waals surface area contributed by atoms with Crippen LogP contribution in [0.15, 0.2) is 97.1 Å². The van der Waals surface area contributed by atoms with Crippen molar-refractivity contribution in [3.05, 3.63) is 108 Å². The third kappa shape index (κ3) is 4.78. The minimum Gasteiger partial charge on any atom is -0.410 e. The van der Waals surface area contributed by atoms with Crippen LogP contribution in [-0.2, 0) is 12.8 Å². The molecule has 0 saturated heterocycles. The van der Waals surface area contributed by atoms with E-state index >= 15 is 0 Å². The average Bonchev–Trinajstić information content (AvgIpc) is 3.09. The molecule has 0 aliphatic carbocycles.